The number of pyridine rings is 1. The molecule has 0 amide bonds. The van der Waals surface area contributed by atoms with E-state index in [-0.39, 0.29) is 25.5 Å². The zero-order valence-corrected chi connectivity index (χ0v) is 17.7. The van der Waals surface area contributed by atoms with Crippen molar-refractivity contribution < 1.29 is 20.1 Å². The molecule has 0 atom stereocenters. The van der Waals surface area contributed by atoms with Crippen molar-refractivity contribution in [2.45, 2.75) is 18.3 Å². The molecule has 0 aliphatic heterocycles. The van der Waals surface area contributed by atoms with Crippen molar-refractivity contribution >= 4 is 0 Å². The Kier molecular flexibility index (Phi) is 4.08. The van der Waals surface area contributed by atoms with Crippen molar-refractivity contribution in [2.75, 3.05) is 0 Å². The van der Waals surface area contributed by atoms with Gasteiger partial charge in [0.2, 0.25) is 0 Å². The van der Waals surface area contributed by atoms with Crippen LogP contribution in [0.1, 0.15) is 22.3 Å². The van der Waals surface area contributed by atoms with Gasteiger partial charge in [0.15, 0.2) is 0 Å². The summed E-state index contributed by atoms with van der Waals surface area (Å²) >= 11 is 0. The molecule has 137 valence electrons. The standard InChI is InChI=1S/C26H18N.Ir/c1-3-9-23-21(7-1)22-8-2-4-10-24(22)26(23)16-19-13-12-18(15-20(19)17-26)25-11-5-6-14-27-25;/h1-11,13-15H,16-17H2;/q-1;. The second kappa shape index (κ2) is 6.51. The zero-order chi connectivity index (χ0) is 17.8. The first-order chi connectivity index (χ1) is 13.4. The van der Waals surface area contributed by atoms with E-state index in [9.17, 15) is 0 Å². The fourth-order valence-electron chi connectivity index (χ4n) is 5.07. The van der Waals surface area contributed by atoms with Gasteiger partial charge in [-0.15, -0.1) is 34.9 Å². The van der Waals surface area contributed by atoms with E-state index in [1.807, 2.05) is 18.3 Å². The van der Waals surface area contributed by atoms with Crippen LogP contribution in [0.2, 0.25) is 0 Å². The summed E-state index contributed by atoms with van der Waals surface area (Å²) in [4.78, 5) is 4.50. The average Bonchev–Trinajstić information content (AvgIpc) is 3.25. The van der Waals surface area contributed by atoms with Gasteiger partial charge in [-0.25, -0.2) is 0 Å². The van der Waals surface area contributed by atoms with Crippen LogP contribution in [0.25, 0.3) is 22.4 Å². The van der Waals surface area contributed by atoms with Crippen molar-refractivity contribution in [3.05, 3.63) is 113 Å². The number of nitrogens with zero attached hydrogens (tertiary/aromatic N) is 1. The molecule has 4 aromatic rings. The van der Waals surface area contributed by atoms with E-state index in [2.05, 4.69) is 77.8 Å². The van der Waals surface area contributed by atoms with Gasteiger partial charge < -0.3 is 4.98 Å². The van der Waals surface area contributed by atoms with E-state index in [1.165, 1.54) is 33.4 Å². The van der Waals surface area contributed by atoms with E-state index in [0.717, 1.165) is 24.1 Å². The maximum atomic E-state index is 4.50. The molecule has 0 bridgehead atoms. The van der Waals surface area contributed by atoms with Gasteiger partial charge in [-0.1, -0.05) is 60.7 Å². The van der Waals surface area contributed by atoms with E-state index in [1.54, 1.807) is 0 Å². The van der Waals surface area contributed by atoms with Crippen molar-refractivity contribution in [1.82, 2.24) is 4.98 Å². The Hall–Kier alpha value is -2.54. The fraction of sp³-hybridized carbons (Fsp3) is 0.115. The largest absolute Gasteiger partial charge is 0.305 e. The Morgan fingerprint density at radius 2 is 1.39 bits per heavy atom. The molecule has 1 heterocycles. The monoisotopic (exact) mass is 537 g/mol. The Morgan fingerprint density at radius 1 is 0.750 bits per heavy atom. The Labute approximate surface area is 178 Å². The van der Waals surface area contributed by atoms with Gasteiger partial charge in [0.25, 0.3) is 0 Å². The molecule has 3 aromatic carbocycles. The van der Waals surface area contributed by atoms with E-state index in [4.69, 9.17) is 0 Å². The third-order valence-corrected chi connectivity index (χ3v) is 6.23. The number of hydrogen-bond acceptors (Lipinski definition) is 1. The first-order valence-corrected chi connectivity index (χ1v) is 9.49. The second-order valence-electron chi connectivity index (χ2n) is 7.64. The zero-order valence-electron chi connectivity index (χ0n) is 15.3. The number of rotatable bonds is 1. The van der Waals surface area contributed by atoms with Crippen LogP contribution < -0.4 is 0 Å². The smallest absolute Gasteiger partial charge is 0.0201 e. The molecule has 2 heteroatoms. The predicted octanol–water partition coefficient (Wildman–Crippen LogP) is 5.61. The SMILES string of the molecule is [Ir].[c-]1cc2c(cc1-c1ccccn1)CC1(C2)c2ccccc2-c2ccccc21. The summed E-state index contributed by atoms with van der Waals surface area (Å²) < 4.78 is 0. The summed E-state index contributed by atoms with van der Waals surface area (Å²) in [5, 5.41) is 0. The molecule has 1 nitrogen and oxygen atoms in total. The van der Waals surface area contributed by atoms with Gasteiger partial charge in [0.1, 0.15) is 0 Å². The normalized spacial score (nSPS) is 14.9. The maximum absolute atomic E-state index is 4.50. The van der Waals surface area contributed by atoms with Crippen LogP contribution in [0.3, 0.4) is 0 Å². The van der Waals surface area contributed by atoms with Gasteiger partial charge in [-0.3, -0.25) is 0 Å². The van der Waals surface area contributed by atoms with Crippen molar-refractivity contribution in [3.63, 3.8) is 0 Å². The number of fused-ring (bicyclic) bond motifs is 6. The molecule has 0 saturated heterocycles. The molecular weight excluding hydrogens is 519 g/mol. The summed E-state index contributed by atoms with van der Waals surface area (Å²) in [7, 11) is 0. The van der Waals surface area contributed by atoms with Crippen molar-refractivity contribution in [1.29, 1.82) is 0 Å². The van der Waals surface area contributed by atoms with Crippen LogP contribution in [-0.4, -0.2) is 4.98 Å². The number of hydrogen-bond donors (Lipinski definition) is 0. The average molecular weight is 537 g/mol. The van der Waals surface area contributed by atoms with E-state index in [0.29, 0.717) is 0 Å². The molecular formula is C26H18IrN-. The van der Waals surface area contributed by atoms with Gasteiger partial charge in [0, 0.05) is 31.7 Å². The Bertz CT molecular complexity index is 1130. The summed E-state index contributed by atoms with van der Waals surface area (Å²) in [6.07, 6.45) is 3.95. The fourth-order valence-corrected chi connectivity index (χ4v) is 5.07. The number of benzene rings is 3. The molecule has 1 radical (unpaired) electrons. The van der Waals surface area contributed by atoms with Crippen LogP contribution in [0.4, 0.5) is 0 Å². The van der Waals surface area contributed by atoms with E-state index >= 15 is 0 Å². The molecule has 0 N–H and O–H groups in total. The van der Waals surface area contributed by atoms with Gasteiger partial charge in [-0.2, -0.15) is 0 Å². The minimum Gasteiger partial charge on any atom is -0.305 e. The molecule has 2 aliphatic rings. The molecule has 2 aliphatic carbocycles. The molecule has 6 rings (SSSR count). The quantitative estimate of drug-likeness (QED) is 0.288. The molecule has 1 aromatic heterocycles. The van der Waals surface area contributed by atoms with Gasteiger partial charge in [-0.05, 0) is 46.9 Å². The van der Waals surface area contributed by atoms with Gasteiger partial charge in [0.05, 0.1) is 0 Å². The third kappa shape index (κ3) is 2.38. The maximum Gasteiger partial charge on any atom is 0.0201 e. The Balaban J connectivity index is 0.00000171. The molecule has 1 spiro atoms. The molecule has 28 heavy (non-hydrogen) atoms. The molecule has 0 fully saturated rings. The summed E-state index contributed by atoms with van der Waals surface area (Å²) in [6.45, 7) is 0. The molecule has 0 unspecified atom stereocenters. The second-order valence-corrected chi connectivity index (χ2v) is 7.64. The third-order valence-electron chi connectivity index (χ3n) is 6.23. The summed E-state index contributed by atoms with van der Waals surface area (Å²) in [6, 6.07) is 31.9. The van der Waals surface area contributed by atoms with Gasteiger partial charge >= 0.3 is 0 Å². The van der Waals surface area contributed by atoms with Crippen LogP contribution in [-0.2, 0) is 38.4 Å². The minimum atomic E-state index is 0. The van der Waals surface area contributed by atoms with Crippen molar-refractivity contribution in [2.24, 2.45) is 0 Å². The first-order valence-electron chi connectivity index (χ1n) is 9.49. The topological polar surface area (TPSA) is 12.9 Å². The number of aromatic nitrogens is 1. The van der Waals surface area contributed by atoms with Crippen LogP contribution in [0.15, 0.2) is 85.1 Å². The summed E-state index contributed by atoms with van der Waals surface area (Å²) in [5.74, 6) is 0. The van der Waals surface area contributed by atoms with E-state index < -0.39 is 0 Å². The van der Waals surface area contributed by atoms with Crippen molar-refractivity contribution in [3.8, 4) is 22.4 Å². The molecule has 0 saturated carbocycles. The predicted molar refractivity (Wildman–Crippen MR) is 109 cm³/mol. The minimum absolute atomic E-state index is 0. The Morgan fingerprint density at radius 3 is 2.07 bits per heavy atom. The summed E-state index contributed by atoms with van der Waals surface area (Å²) in [5.41, 5.74) is 10.7. The van der Waals surface area contributed by atoms with Crippen LogP contribution >= 0.6 is 0 Å². The van der Waals surface area contributed by atoms with Crippen LogP contribution in [0.5, 0.6) is 0 Å². The first kappa shape index (κ1) is 17.6. The van der Waals surface area contributed by atoms with Crippen LogP contribution in [0, 0.1) is 6.07 Å².